The van der Waals surface area contributed by atoms with E-state index in [2.05, 4.69) is 22.0 Å². The molecule has 0 aliphatic carbocycles. The second-order valence-corrected chi connectivity index (χ2v) is 4.44. The number of hydrogen-bond acceptors (Lipinski definition) is 6. The van der Waals surface area contributed by atoms with E-state index in [4.69, 9.17) is 15.0 Å². The van der Waals surface area contributed by atoms with E-state index in [1.54, 1.807) is 0 Å². The molecule has 0 saturated carbocycles. The Balaban J connectivity index is 2.00. The molecule has 1 aromatic rings. The molecular weight excluding hydrogens is 220 g/mol. The fourth-order valence-corrected chi connectivity index (χ4v) is 1.94. The molecule has 2 N–H and O–H groups in total. The summed E-state index contributed by atoms with van der Waals surface area (Å²) in [4.78, 5) is 6.63. The Morgan fingerprint density at radius 2 is 2.41 bits per heavy atom. The molecule has 2 heterocycles. The van der Waals surface area contributed by atoms with Crippen molar-refractivity contribution in [2.45, 2.75) is 32.4 Å². The molecule has 1 aromatic heterocycles. The first kappa shape index (κ1) is 12.5. The number of hydrogen-bond donors (Lipinski definition) is 1. The van der Waals surface area contributed by atoms with Gasteiger partial charge in [0, 0.05) is 13.1 Å². The molecule has 6 nitrogen and oxygen atoms in total. The van der Waals surface area contributed by atoms with Crippen LogP contribution in [0.4, 0.5) is 0 Å². The molecule has 6 heteroatoms. The third-order valence-electron chi connectivity index (χ3n) is 2.83. The van der Waals surface area contributed by atoms with Gasteiger partial charge in [-0.2, -0.15) is 4.98 Å². The SMILES string of the molecule is CCCN1CCOC(c2noc([C@@H](C)N)n2)C1. The molecule has 0 spiro atoms. The van der Waals surface area contributed by atoms with Gasteiger partial charge in [0.25, 0.3) is 0 Å². The van der Waals surface area contributed by atoms with E-state index in [0.717, 1.165) is 26.1 Å². The van der Waals surface area contributed by atoms with Crippen LogP contribution in [-0.4, -0.2) is 41.3 Å². The maximum Gasteiger partial charge on any atom is 0.243 e. The lowest BCUT2D eigenvalue weighted by Crippen LogP contribution is -2.39. The molecule has 96 valence electrons. The summed E-state index contributed by atoms with van der Waals surface area (Å²) in [5.74, 6) is 1.08. The van der Waals surface area contributed by atoms with Crippen LogP contribution in [0.25, 0.3) is 0 Å². The van der Waals surface area contributed by atoms with Crippen molar-refractivity contribution < 1.29 is 9.26 Å². The Hall–Kier alpha value is -0.980. The predicted octanol–water partition coefficient (Wildman–Crippen LogP) is 0.873. The first-order valence-corrected chi connectivity index (χ1v) is 6.13. The van der Waals surface area contributed by atoms with E-state index in [9.17, 15) is 0 Å². The van der Waals surface area contributed by atoms with Crippen LogP contribution in [0.3, 0.4) is 0 Å². The highest BCUT2D eigenvalue weighted by Gasteiger charge is 2.26. The molecule has 1 fully saturated rings. The van der Waals surface area contributed by atoms with Crippen LogP contribution >= 0.6 is 0 Å². The van der Waals surface area contributed by atoms with Crippen molar-refractivity contribution in [1.82, 2.24) is 15.0 Å². The fourth-order valence-electron chi connectivity index (χ4n) is 1.94. The van der Waals surface area contributed by atoms with E-state index in [1.807, 2.05) is 6.92 Å². The van der Waals surface area contributed by atoms with Crippen molar-refractivity contribution >= 4 is 0 Å². The van der Waals surface area contributed by atoms with Crippen LogP contribution in [0.1, 0.15) is 44.1 Å². The standard InChI is InChI=1S/C11H20N4O2/c1-3-4-15-5-6-16-9(7-15)10-13-11(8(2)12)17-14-10/h8-9H,3-7,12H2,1-2H3/t8-,9?/m1/s1. The summed E-state index contributed by atoms with van der Waals surface area (Å²) in [6.07, 6.45) is 1.05. The summed E-state index contributed by atoms with van der Waals surface area (Å²) in [6, 6.07) is -0.230. The molecule has 0 bridgehead atoms. The van der Waals surface area contributed by atoms with Gasteiger partial charge in [0.1, 0.15) is 6.10 Å². The minimum Gasteiger partial charge on any atom is -0.367 e. The molecule has 17 heavy (non-hydrogen) atoms. The highest BCUT2D eigenvalue weighted by molar-refractivity contribution is 4.96. The van der Waals surface area contributed by atoms with Crippen LogP contribution in [0, 0.1) is 0 Å². The molecule has 1 saturated heterocycles. The van der Waals surface area contributed by atoms with E-state index in [-0.39, 0.29) is 12.1 Å². The largest absolute Gasteiger partial charge is 0.367 e. The van der Waals surface area contributed by atoms with Crippen molar-refractivity contribution in [3.63, 3.8) is 0 Å². The van der Waals surface area contributed by atoms with Crippen molar-refractivity contribution in [2.24, 2.45) is 5.73 Å². The minimum atomic E-state index is -0.230. The smallest absolute Gasteiger partial charge is 0.243 e. The Morgan fingerprint density at radius 1 is 1.59 bits per heavy atom. The molecule has 0 radical (unpaired) electrons. The molecule has 2 atom stereocenters. The van der Waals surface area contributed by atoms with Crippen molar-refractivity contribution in [3.05, 3.63) is 11.7 Å². The Kier molecular flexibility index (Phi) is 4.09. The van der Waals surface area contributed by atoms with Gasteiger partial charge in [0.15, 0.2) is 0 Å². The first-order valence-electron chi connectivity index (χ1n) is 6.13. The molecule has 2 rings (SSSR count). The third-order valence-corrected chi connectivity index (χ3v) is 2.83. The zero-order chi connectivity index (χ0) is 12.3. The second-order valence-electron chi connectivity index (χ2n) is 4.44. The van der Waals surface area contributed by atoms with Crippen molar-refractivity contribution in [1.29, 1.82) is 0 Å². The molecule has 1 unspecified atom stereocenters. The maximum absolute atomic E-state index is 5.68. The number of rotatable bonds is 4. The Morgan fingerprint density at radius 3 is 3.06 bits per heavy atom. The van der Waals surface area contributed by atoms with Gasteiger partial charge in [-0.1, -0.05) is 12.1 Å². The zero-order valence-electron chi connectivity index (χ0n) is 10.4. The molecule has 0 aromatic carbocycles. The Bertz CT molecular complexity index is 351. The number of morpholine rings is 1. The lowest BCUT2D eigenvalue weighted by atomic mass is 10.2. The summed E-state index contributed by atoms with van der Waals surface area (Å²) in [6.45, 7) is 7.59. The van der Waals surface area contributed by atoms with Gasteiger partial charge in [-0.15, -0.1) is 0 Å². The van der Waals surface area contributed by atoms with Crippen molar-refractivity contribution in [3.8, 4) is 0 Å². The second kappa shape index (κ2) is 5.57. The fraction of sp³-hybridized carbons (Fsp3) is 0.818. The lowest BCUT2D eigenvalue weighted by Gasteiger charge is -2.30. The summed E-state index contributed by atoms with van der Waals surface area (Å²) in [5.41, 5.74) is 5.68. The van der Waals surface area contributed by atoms with Gasteiger partial charge in [-0.05, 0) is 19.9 Å². The van der Waals surface area contributed by atoms with Gasteiger partial charge >= 0.3 is 0 Å². The summed E-state index contributed by atoms with van der Waals surface area (Å²) < 4.78 is 10.8. The molecular formula is C11H20N4O2. The van der Waals surface area contributed by atoms with Crippen LogP contribution in [0.15, 0.2) is 4.52 Å². The number of nitrogens with zero attached hydrogens (tertiary/aromatic N) is 3. The monoisotopic (exact) mass is 240 g/mol. The van der Waals surface area contributed by atoms with E-state index in [1.165, 1.54) is 0 Å². The normalized spacial score (nSPS) is 23.8. The average Bonchev–Trinajstić information content (AvgIpc) is 2.79. The summed E-state index contributed by atoms with van der Waals surface area (Å²) in [7, 11) is 0. The summed E-state index contributed by atoms with van der Waals surface area (Å²) >= 11 is 0. The quantitative estimate of drug-likeness (QED) is 0.841. The first-order chi connectivity index (χ1) is 8.20. The summed E-state index contributed by atoms with van der Waals surface area (Å²) in [5, 5.41) is 3.94. The van der Waals surface area contributed by atoms with Gasteiger partial charge in [0.2, 0.25) is 11.7 Å². The molecule has 1 aliphatic rings. The van der Waals surface area contributed by atoms with E-state index >= 15 is 0 Å². The third kappa shape index (κ3) is 3.02. The minimum absolute atomic E-state index is 0.0912. The molecule has 1 aliphatic heterocycles. The zero-order valence-corrected chi connectivity index (χ0v) is 10.4. The van der Waals surface area contributed by atoms with E-state index < -0.39 is 0 Å². The molecule has 0 amide bonds. The van der Waals surface area contributed by atoms with Crippen LogP contribution in [-0.2, 0) is 4.74 Å². The van der Waals surface area contributed by atoms with Gasteiger partial charge < -0.3 is 15.0 Å². The highest BCUT2D eigenvalue weighted by atomic mass is 16.5. The Labute approximate surface area is 101 Å². The number of aromatic nitrogens is 2. The van der Waals surface area contributed by atoms with Gasteiger partial charge in [-0.25, -0.2) is 0 Å². The van der Waals surface area contributed by atoms with Crippen LogP contribution in [0.2, 0.25) is 0 Å². The van der Waals surface area contributed by atoms with Gasteiger partial charge in [-0.3, -0.25) is 4.90 Å². The van der Waals surface area contributed by atoms with E-state index in [0.29, 0.717) is 18.3 Å². The topological polar surface area (TPSA) is 77.4 Å². The van der Waals surface area contributed by atoms with Crippen molar-refractivity contribution in [2.75, 3.05) is 26.2 Å². The number of nitrogens with two attached hydrogens (primary N) is 1. The lowest BCUT2D eigenvalue weighted by molar-refractivity contribution is -0.0350. The van der Waals surface area contributed by atoms with Crippen LogP contribution < -0.4 is 5.73 Å². The average molecular weight is 240 g/mol. The van der Waals surface area contributed by atoms with Gasteiger partial charge in [0.05, 0.1) is 12.6 Å². The number of ether oxygens (including phenoxy) is 1. The predicted molar refractivity (Wildman–Crippen MR) is 62.3 cm³/mol. The highest BCUT2D eigenvalue weighted by Crippen LogP contribution is 2.20. The maximum atomic E-state index is 5.68. The van der Waals surface area contributed by atoms with Crippen LogP contribution in [0.5, 0.6) is 0 Å².